The number of ether oxygens (including phenoxy) is 8. The third kappa shape index (κ3) is 106. The van der Waals surface area contributed by atoms with Gasteiger partial charge in [0.05, 0.1) is 65.8 Å². The van der Waals surface area contributed by atoms with Crippen LogP contribution in [0.2, 0.25) is 0 Å². The maximum Gasteiger partial charge on any atom is 0.407 e. The summed E-state index contributed by atoms with van der Waals surface area (Å²) < 4.78 is 43.1. The molecule has 0 rings (SSSR count). The van der Waals surface area contributed by atoms with Crippen LogP contribution in [0.4, 0.5) is 19.2 Å². The van der Waals surface area contributed by atoms with Crippen LogP contribution in [-0.2, 0) is 42.7 Å². The Morgan fingerprint density at radius 2 is 0.745 bits per heavy atom. The number of amides is 6. The summed E-state index contributed by atoms with van der Waals surface area (Å²) >= 11 is 0. The van der Waals surface area contributed by atoms with Crippen molar-refractivity contribution in [2.24, 2.45) is 41.4 Å². The van der Waals surface area contributed by atoms with E-state index in [0.29, 0.717) is 134 Å². The maximum absolute atomic E-state index is 11.8. The van der Waals surface area contributed by atoms with Crippen LogP contribution in [-0.4, -0.2) is 194 Å². The molecule has 0 aromatic heterocycles. The Morgan fingerprint density at radius 1 is 0.349 bits per heavy atom. The Hall–Kier alpha value is -2.65. The lowest BCUT2D eigenvalue weighted by Gasteiger charge is -2.22. The van der Waals surface area contributed by atoms with Gasteiger partial charge in [0.2, 0.25) is 5.91 Å². The average molecular weight is 1650 g/mol. The topological polar surface area (TPSA) is 243 Å². The molecule has 0 fully saturated rings. The molecule has 7 N–H and O–H groups in total. The highest BCUT2D eigenvalue weighted by atomic mass is 33.1. The van der Waals surface area contributed by atoms with E-state index in [1.54, 1.807) is 54.0 Å². The minimum atomic E-state index is -0.442. The van der Waals surface area contributed by atoms with Gasteiger partial charge < -0.3 is 75.1 Å². The first-order valence-electron chi connectivity index (χ1n) is 38.3. The predicted molar refractivity (Wildman–Crippen MR) is 464 cm³/mol. The third-order valence-electron chi connectivity index (χ3n) is 12.7. The zero-order chi connectivity index (χ0) is 79.8. The van der Waals surface area contributed by atoms with Crippen LogP contribution in [0, 0.1) is 88.8 Å². The molecule has 0 aliphatic heterocycles. The summed E-state index contributed by atoms with van der Waals surface area (Å²) in [6, 6.07) is 0.394. The Bertz CT molecular complexity index is 2250. The summed E-state index contributed by atoms with van der Waals surface area (Å²) in [7, 11) is 14.3. The summed E-state index contributed by atoms with van der Waals surface area (Å²) in [6.07, 6.45) is 12.6. The van der Waals surface area contributed by atoms with Gasteiger partial charge in [0.1, 0.15) is 17.8 Å². The number of alkyl carbamates (subject to hydrolysis) is 3. The van der Waals surface area contributed by atoms with E-state index >= 15 is 0 Å². The summed E-state index contributed by atoms with van der Waals surface area (Å²) in [4.78, 5) is 57.6. The average Bonchev–Trinajstić information content (AvgIpc) is 0.982. The molecule has 0 aliphatic carbocycles. The van der Waals surface area contributed by atoms with Crippen molar-refractivity contribution in [1.82, 2.24) is 37.2 Å². The number of rotatable bonds is 58. The highest BCUT2D eigenvalue weighted by Crippen LogP contribution is 2.38. The molecule has 0 bridgehead atoms. The van der Waals surface area contributed by atoms with Crippen molar-refractivity contribution in [1.29, 1.82) is 0 Å². The highest BCUT2D eigenvalue weighted by molar-refractivity contribution is 8.77. The number of hydrogen-bond donors (Lipinski definition) is 7. The molecule has 0 spiro atoms. The number of carbonyl (C=O) groups is 5. The molecule has 618 valence electrons. The lowest BCUT2D eigenvalue weighted by Crippen LogP contribution is -2.36. The van der Waals surface area contributed by atoms with Crippen molar-refractivity contribution in [3.8, 4) is 47.4 Å². The van der Waals surface area contributed by atoms with Crippen molar-refractivity contribution >= 4 is 117 Å². The standard InChI is InChI=1S/C28H52N2O7S2.C18H34N2O2S2.C18H33NO3S2.C14H26N2OS2/c1-24(2)11-9-14-29-26(31)36-18-8-7-16-35-23-38-39-28(5,6)13-19-37-27(32)30-15-20-34-22-21-33-17-10-12-25(3)4;1-16(2)9-7-12-20-18(21)19-11-5-6-13-22-15-24-23-14-8-10-17(3)4;1-16(2)9-7-11-19-18(20)22-13-6-5-12-21-15-24-23-14-8-10-17(3)4;1-12(2)6-5-8-16-14(17)7-10-18-19-11-9-15-13(3)4/h24-25H,7-8,10,12-23H2,1-6H3,(H,29,31)(H,30,32);16-17H,5-6,8,10-15H2,1-4H3,(H2,19,20,21);16-17H,5-6,8,10-15H2,1-4H3,(H,19,20);12-13,15H,7-11H2,1-4H3,(H,16,17). The number of unbranched alkanes of at least 4 members (excludes halogenated alkanes) is 3. The van der Waals surface area contributed by atoms with Crippen LogP contribution in [0.25, 0.3) is 0 Å². The second kappa shape index (κ2) is 84.8. The van der Waals surface area contributed by atoms with Gasteiger partial charge in [0.25, 0.3) is 0 Å². The van der Waals surface area contributed by atoms with Gasteiger partial charge >= 0.3 is 24.3 Å². The molecule has 28 heteroatoms. The monoisotopic (exact) mass is 1640 g/mol. The van der Waals surface area contributed by atoms with E-state index in [4.69, 9.17) is 37.9 Å². The number of nitrogens with one attached hydrogen (secondary N) is 7. The van der Waals surface area contributed by atoms with E-state index in [2.05, 4.69) is 154 Å². The van der Waals surface area contributed by atoms with Crippen LogP contribution >= 0.6 is 86.4 Å². The zero-order valence-corrected chi connectivity index (χ0v) is 75.1. The Kier molecular flexibility index (Phi) is 87.7. The molecule has 0 heterocycles. The molecule has 0 atom stereocenters. The van der Waals surface area contributed by atoms with Gasteiger partial charge in [-0.05, 0) is 102 Å². The lowest BCUT2D eigenvalue weighted by atomic mass is 10.1. The molecular weight excluding hydrogens is 1500 g/mol. The van der Waals surface area contributed by atoms with Gasteiger partial charge in [-0.3, -0.25) is 4.79 Å². The van der Waals surface area contributed by atoms with Gasteiger partial charge in [-0.15, -0.1) is 0 Å². The maximum atomic E-state index is 11.8. The molecule has 0 saturated carbocycles. The molecule has 0 saturated heterocycles. The van der Waals surface area contributed by atoms with E-state index in [-0.39, 0.29) is 22.6 Å². The second-order valence-electron chi connectivity index (χ2n) is 27.5. The van der Waals surface area contributed by atoms with Gasteiger partial charge in [0.15, 0.2) is 0 Å². The summed E-state index contributed by atoms with van der Waals surface area (Å²) in [5.41, 5.74) is 0. The molecule has 20 nitrogen and oxygen atoms in total. The molecule has 0 unspecified atom stereocenters. The van der Waals surface area contributed by atoms with Crippen molar-refractivity contribution in [3.05, 3.63) is 0 Å². The lowest BCUT2D eigenvalue weighted by molar-refractivity contribution is -0.120. The number of hydrogen-bond acceptors (Lipinski definition) is 22. The fraction of sp³-hybridized carbons (Fsp3) is 0.833. The molecule has 0 aromatic carbocycles. The molecule has 0 aliphatic rings. The van der Waals surface area contributed by atoms with E-state index < -0.39 is 18.3 Å². The first kappa shape index (κ1) is 110. The normalized spacial score (nSPS) is 10.8. The van der Waals surface area contributed by atoms with Crippen LogP contribution in [0.5, 0.6) is 0 Å². The fourth-order valence-electron chi connectivity index (χ4n) is 7.26. The van der Waals surface area contributed by atoms with Gasteiger partial charge in [-0.25, -0.2) is 19.2 Å². The quantitative estimate of drug-likeness (QED) is 0.00984. The molecular formula is C78H145N7O13S8. The van der Waals surface area contributed by atoms with E-state index in [1.165, 1.54) is 43.6 Å². The molecule has 6 amide bonds. The zero-order valence-electron chi connectivity index (χ0n) is 68.6. The Balaban J connectivity index is -0.000000681. The van der Waals surface area contributed by atoms with Gasteiger partial charge in [0, 0.05) is 110 Å². The second-order valence-corrected chi connectivity index (χ2v) is 38.2. The van der Waals surface area contributed by atoms with Crippen LogP contribution in [0.1, 0.15) is 215 Å². The fourth-order valence-corrected chi connectivity index (χ4v) is 15.0. The predicted octanol–water partition coefficient (Wildman–Crippen LogP) is 17.9. The van der Waals surface area contributed by atoms with Gasteiger partial charge in [-0.2, -0.15) is 0 Å². The molecule has 0 radical (unpaired) electrons. The van der Waals surface area contributed by atoms with Crippen molar-refractivity contribution in [2.75, 3.05) is 153 Å². The minimum Gasteiger partial charge on any atom is -0.450 e. The van der Waals surface area contributed by atoms with Crippen LogP contribution in [0.3, 0.4) is 0 Å². The first-order valence-corrected chi connectivity index (χ1v) is 48.1. The van der Waals surface area contributed by atoms with Crippen molar-refractivity contribution < 1.29 is 61.9 Å². The first-order chi connectivity index (χ1) is 50.7. The molecule has 106 heavy (non-hydrogen) atoms. The van der Waals surface area contributed by atoms with Crippen LogP contribution in [0.15, 0.2) is 0 Å². The SMILES string of the molecule is CC(C)C#CCNC(=O)CCSSCCNC(C)C.CC(C)C#CCNC(=O)NCCCCOCSSCCCC(C)C.CC(C)C#CCNC(=O)OCCCCOCSSC(C)(C)CCOC(=O)NCCOCCOCCCC(C)C.CC(C)C#CCNC(=O)OCCCCOCSSCCCC(C)C. The van der Waals surface area contributed by atoms with E-state index in [0.717, 1.165) is 106 Å². The molecule has 0 aromatic rings. The largest absolute Gasteiger partial charge is 0.450 e. The van der Waals surface area contributed by atoms with Crippen molar-refractivity contribution in [3.63, 3.8) is 0 Å². The Morgan fingerprint density at radius 3 is 1.23 bits per heavy atom. The van der Waals surface area contributed by atoms with Gasteiger partial charge in [-0.1, -0.05) is 257 Å². The summed E-state index contributed by atoms with van der Waals surface area (Å²) in [5, 5.41) is 19.6. The summed E-state index contributed by atoms with van der Waals surface area (Å²) in [5.74, 6) is 33.6. The number of carbonyl (C=O) groups excluding carboxylic acids is 5. The Labute approximate surface area is 677 Å². The smallest absolute Gasteiger partial charge is 0.407 e. The minimum absolute atomic E-state index is 0.0622. The number of urea groups is 1. The van der Waals surface area contributed by atoms with E-state index in [9.17, 15) is 24.0 Å². The van der Waals surface area contributed by atoms with E-state index in [1.807, 2.05) is 87.8 Å². The summed E-state index contributed by atoms with van der Waals surface area (Å²) in [6.45, 7) is 47.2. The van der Waals surface area contributed by atoms with Crippen molar-refractivity contribution in [2.45, 2.75) is 225 Å². The third-order valence-corrected chi connectivity index (χ3v) is 22.5. The van der Waals surface area contributed by atoms with Crippen LogP contribution < -0.4 is 37.2 Å². The highest BCUT2D eigenvalue weighted by Gasteiger charge is 2.20.